The maximum atomic E-state index is 11.7. The van der Waals surface area contributed by atoms with Crippen LogP contribution in [0.4, 0.5) is 4.39 Å². The van der Waals surface area contributed by atoms with Crippen LogP contribution < -0.4 is 0 Å². The van der Waals surface area contributed by atoms with Crippen molar-refractivity contribution >= 4 is 0 Å². The van der Waals surface area contributed by atoms with E-state index >= 15 is 0 Å². The van der Waals surface area contributed by atoms with Crippen molar-refractivity contribution in [2.45, 2.75) is 38.1 Å². The molecule has 2 nitrogen and oxygen atoms in total. The van der Waals surface area contributed by atoms with Crippen LogP contribution in [0.2, 0.25) is 0 Å². The van der Waals surface area contributed by atoms with E-state index in [1.807, 2.05) is 0 Å². The molecule has 1 rings (SSSR count). The van der Waals surface area contributed by atoms with E-state index in [1.165, 1.54) is 0 Å². The Morgan fingerprint density at radius 1 is 1.50 bits per heavy atom. The van der Waals surface area contributed by atoms with E-state index in [2.05, 4.69) is 0 Å². The summed E-state index contributed by atoms with van der Waals surface area (Å²) < 4.78 is 16.8. The lowest BCUT2D eigenvalue weighted by molar-refractivity contribution is -0.164. The summed E-state index contributed by atoms with van der Waals surface area (Å²) >= 11 is 0. The van der Waals surface area contributed by atoms with Crippen LogP contribution in [-0.2, 0) is 4.74 Å². The van der Waals surface area contributed by atoms with Crippen LogP contribution in [0.25, 0.3) is 0 Å². The molecule has 1 aliphatic heterocycles. The fourth-order valence-corrected chi connectivity index (χ4v) is 1.21. The molecule has 0 radical (unpaired) electrons. The molecule has 3 heteroatoms. The summed E-state index contributed by atoms with van der Waals surface area (Å²) in [5, 5.41) is 8.96. The fraction of sp³-hybridized carbons (Fsp3) is 1.00. The summed E-state index contributed by atoms with van der Waals surface area (Å²) in [5.74, 6) is 0. The Morgan fingerprint density at radius 2 is 2.30 bits per heavy atom. The summed E-state index contributed by atoms with van der Waals surface area (Å²) in [7, 11) is 0. The normalized spacial score (nSPS) is 34.2. The number of ether oxygens (including phenoxy) is 1. The zero-order chi connectivity index (χ0) is 7.40. The first kappa shape index (κ1) is 7.95. The molecule has 0 aromatic carbocycles. The molecule has 2 unspecified atom stereocenters. The lowest BCUT2D eigenvalue weighted by atomic mass is 10.1. The summed E-state index contributed by atoms with van der Waals surface area (Å²) in [6.45, 7) is -0.350. The molecule has 0 saturated carbocycles. The zero-order valence-corrected chi connectivity index (χ0v) is 5.92. The minimum absolute atomic E-state index is 0.0475. The van der Waals surface area contributed by atoms with E-state index in [4.69, 9.17) is 9.84 Å². The highest BCUT2D eigenvalue weighted by Gasteiger charge is 2.19. The van der Waals surface area contributed by atoms with Crippen molar-refractivity contribution in [3.8, 4) is 0 Å². The van der Waals surface area contributed by atoms with Gasteiger partial charge in [-0.3, -0.25) is 4.39 Å². The van der Waals surface area contributed by atoms with E-state index in [-0.39, 0.29) is 12.8 Å². The molecular weight excluding hydrogens is 135 g/mol. The van der Waals surface area contributed by atoms with Gasteiger partial charge in [-0.2, -0.15) is 0 Å². The van der Waals surface area contributed by atoms with Crippen LogP contribution in [-0.4, -0.2) is 24.2 Å². The van der Waals surface area contributed by atoms with Crippen molar-refractivity contribution in [2.24, 2.45) is 0 Å². The molecule has 1 aliphatic rings. The maximum absolute atomic E-state index is 11.7. The first-order chi connectivity index (χ1) is 4.83. The third-order valence-electron chi connectivity index (χ3n) is 1.76. The number of rotatable bonds is 2. The molecular formula is C7H13FO2. The van der Waals surface area contributed by atoms with Gasteiger partial charge in [0.25, 0.3) is 0 Å². The van der Waals surface area contributed by atoms with Gasteiger partial charge in [0.2, 0.25) is 0 Å². The minimum atomic E-state index is -0.648. The van der Waals surface area contributed by atoms with Crippen molar-refractivity contribution in [1.29, 1.82) is 0 Å². The molecule has 1 N–H and O–H groups in total. The average Bonchev–Trinajstić information content (AvgIpc) is 1.88. The molecule has 1 fully saturated rings. The molecule has 10 heavy (non-hydrogen) atoms. The van der Waals surface area contributed by atoms with Gasteiger partial charge in [0.15, 0.2) is 6.29 Å². The zero-order valence-electron chi connectivity index (χ0n) is 5.92. The first-order valence-electron chi connectivity index (χ1n) is 3.72. The number of aliphatic hydroxyl groups excluding tert-OH is 1. The summed E-state index contributed by atoms with van der Waals surface area (Å²) in [6.07, 6.45) is 2.27. The summed E-state index contributed by atoms with van der Waals surface area (Å²) in [6, 6.07) is 0. The van der Waals surface area contributed by atoms with Crippen molar-refractivity contribution in [2.75, 3.05) is 6.67 Å². The molecule has 0 aromatic heterocycles. The Labute approximate surface area is 60.0 Å². The fourth-order valence-electron chi connectivity index (χ4n) is 1.21. The van der Waals surface area contributed by atoms with Crippen molar-refractivity contribution in [1.82, 2.24) is 0 Å². The molecule has 0 spiro atoms. The number of halogens is 1. The molecule has 0 amide bonds. The monoisotopic (exact) mass is 148 g/mol. The highest BCUT2D eigenvalue weighted by Crippen LogP contribution is 2.19. The van der Waals surface area contributed by atoms with Gasteiger partial charge in [-0.25, -0.2) is 0 Å². The minimum Gasteiger partial charge on any atom is -0.368 e. The van der Waals surface area contributed by atoms with E-state index in [0.717, 1.165) is 12.8 Å². The predicted octanol–water partition coefficient (Wildman–Crippen LogP) is 1.23. The molecule has 0 aliphatic carbocycles. The van der Waals surface area contributed by atoms with Gasteiger partial charge in [0, 0.05) is 6.42 Å². The molecule has 0 aromatic rings. The third kappa shape index (κ3) is 2.23. The predicted molar refractivity (Wildman–Crippen MR) is 35.3 cm³/mol. The van der Waals surface area contributed by atoms with E-state index in [9.17, 15) is 4.39 Å². The first-order valence-corrected chi connectivity index (χ1v) is 3.72. The quantitative estimate of drug-likeness (QED) is 0.638. The molecule has 1 saturated heterocycles. The number of hydrogen-bond acceptors (Lipinski definition) is 2. The van der Waals surface area contributed by atoms with Gasteiger partial charge in [0.05, 0.1) is 12.8 Å². The number of aliphatic hydroxyl groups is 1. The second-order valence-electron chi connectivity index (χ2n) is 2.62. The van der Waals surface area contributed by atoms with Gasteiger partial charge in [-0.05, 0) is 19.3 Å². The van der Waals surface area contributed by atoms with Gasteiger partial charge in [-0.1, -0.05) is 0 Å². The maximum Gasteiger partial charge on any atom is 0.154 e. The van der Waals surface area contributed by atoms with E-state index in [1.54, 1.807) is 0 Å². The van der Waals surface area contributed by atoms with Crippen molar-refractivity contribution in [3.63, 3.8) is 0 Å². The van der Waals surface area contributed by atoms with Crippen LogP contribution in [0, 0.1) is 0 Å². The Balaban J connectivity index is 2.18. The standard InChI is InChI=1S/C7H13FO2/c8-5-4-6-2-1-3-7(9)10-6/h6-7,9H,1-5H2. The van der Waals surface area contributed by atoms with Crippen LogP contribution in [0.3, 0.4) is 0 Å². The largest absolute Gasteiger partial charge is 0.368 e. The highest BCUT2D eigenvalue weighted by molar-refractivity contribution is 4.64. The topological polar surface area (TPSA) is 29.5 Å². The van der Waals surface area contributed by atoms with Gasteiger partial charge < -0.3 is 9.84 Å². The van der Waals surface area contributed by atoms with Gasteiger partial charge in [-0.15, -0.1) is 0 Å². The van der Waals surface area contributed by atoms with Crippen LogP contribution in [0.1, 0.15) is 25.7 Å². The van der Waals surface area contributed by atoms with Crippen molar-refractivity contribution in [3.05, 3.63) is 0 Å². The molecule has 2 atom stereocenters. The Hall–Kier alpha value is -0.150. The van der Waals surface area contributed by atoms with E-state index in [0.29, 0.717) is 12.8 Å². The van der Waals surface area contributed by atoms with Gasteiger partial charge >= 0.3 is 0 Å². The Morgan fingerprint density at radius 3 is 2.90 bits per heavy atom. The highest BCUT2D eigenvalue weighted by atomic mass is 19.1. The molecule has 0 bridgehead atoms. The number of alkyl halides is 1. The van der Waals surface area contributed by atoms with Crippen LogP contribution >= 0.6 is 0 Å². The van der Waals surface area contributed by atoms with Gasteiger partial charge in [0.1, 0.15) is 0 Å². The lowest BCUT2D eigenvalue weighted by Gasteiger charge is -2.25. The molecule has 60 valence electrons. The lowest BCUT2D eigenvalue weighted by Crippen LogP contribution is -2.27. The van der Waals surface area contributed by atoms with E-state index < -0.39 is 6.29 Å². The van der Waals surface area contributed by atoms with Crippen LogP contribution in [0.5, 0.6) is 0 Å². The summed E-state index contributed by atoms with van der Waals surface area (Å²) in [5.41, 5.74) is 0. The summed E-state index contributed by atoms with van der Waals surface area (Å²) in [4.78, 5) is 0. The second-order valence-corrected chi connectivity index (χ2v) is 2.62. The van der Waals surface area contributed by atoms with Crippen molar-refractivity contribution < 1.29 is 14.2 Å². The Bertz CT molecular complexity index is 95.6. The molecule has 1 heterocycles. The second kappa shape index (κ2) is 3.88. The smallest absolute Gasteiger partial charge is 0.154 e. The van der Waals surface area contributed by atoms with Crippen LogP contribution in [0.15, 0.2) is 0 Å². The third-order valence-corrected chi connectivity index (χ3v) is 1.76. The SMILES string of the molecule is OC1CCCC(CCF)O1. The number of hydrogen-bond donors (Lipinski definition) is 1. The average molecular weight is 148 g/mol. The Kier molecular flexibility index (Phi) is 3.09.